The van der Waals surface area contributed by atoms with E-state index in [4.69, 9.17) is 0 Å². The van der Waals surface area contributed by atoms with Crippen LogP contribution in [-0.2, 0) is 0 Å². The minimum atomic E-state index is 0. The Kier molecular flexibility index (Phi) is 2.43. The van der Waals surface area contributed by atoms with Crippen LogP contribution in [0.5, 0.6) is 0 Å². The summed E-state index contributed by atoms with van der Waals surface area (Å²) in [4.78, 5) is 15.7. The van der Waals surface area contributed by atoms with E-state index in [1.807, 2.05) is 0 Å². The zero-order valence-electron chi connectivity index (χ0n) is 6.48. The summed E-state index contributed by atoms with van der Waals surface area (Å²) in [6, 6.07) is 0. The fourth-order valence-corrected chi connectivity index (χ4v) is 0.724. The Labute approximate surface area is 75.0 Å². The molecule has 0 aliphatic rings. The molecule has 0 atom stereocenters. The molecule has 0 saturated heterocycles. The van der Waals surface area contributed by atoms with E-state index in [2.05, 4.69) is 19.9 Å². The average molecular weight is 213 g/mol. The molecule has 5 heteroatoms. The van der Waals surface area contributed by atoms with Crippen LogP contribution in [0.25, 0.3) is 11.2 Å². The van der Waals surface area contributed by atoms with Crippen LogP contribution in [0.15, 0.2) is 24.9 Å². The summed E-state index contributed by atoms with van der Waals surface area (Å²) in [6.07, 6.45) is 6.31. The molecule has 11 heavy (non-hydrogen) atoms. The lowest BCUT2D eigenvalue weighted by Crippen LogP contribution is -3.00. The fourth-order valence-electron chi connectivity index (χ4n) is 0.724. The molecule has 2 aromatic rings. The summed E-state index contributed by atoms with van der Waals surface area (Å²) in [7, 11) is 0. The molecule has 2 rings (SSSR count). The molecule has 0 amide bonds. The Morgan fingerprint density at radius 1 is 1.09 bits per heavy atom. The molecule has 0 spiro atoms. The molecule has 56 valence electrons. The minimum absolute atomic E-state index is 0. The van der Waals surface area contributed by atoms with Crippen LogP contribution in [0.2, 0.25) is 0 Å². The molecule has 0 aromatic carbocycles. The van der Waals surface area contributed by atoms with Gasteiger partial charge in [-0.1, -0.05) is 0 Å². The molecule has 0 saturated carbocycles. The molecule has 0 radical (unpaired) electrons. The molecule has 0 N–H and O–H groups in total. The van der Waals surface area contributed by atoms with E-state index >= 15 is 0 Å². The molecule has 0 fully saturated rings. The summed E-state index contributed by atoms with van der Waals surface area (Å²) in [5.74, 6) is 0. The lowest BCUT2D eigenvalue weighted by atomic mass is 10.5. The van der Waals surface area contributed by atoms with E-state index in [9.17, 15) is 0 Å². The van der Waals surface area contributed by atoms with Crippen molar-refractivity contribution in [2.75, 3.05) is 0 Å². The first kappa shape index (κ1) is 8.00. The van der Waals surface area contributed by atoms with Gasteiger partial charge in [-0.25, -0.2) is 19.9 Å². The van der Waals surface area contributed by atoms with Gasteiger partial charge in [0.25, 0.3) is 0 Å². The Bertz CT molecular complexity index is 291. The highest BCUT2D eigenvalue weighted by Gasteiger charge is 1.90. The van der Waals surface area contributed by atoms with Gasteiger partial charge in [-0.2, -0.15) is 0 Å². The number of halogens is 1. The lowest BCUT2D eigenvalue weighted by molar-refractivity contribution is -0.00000227. The Hall–Kier alpha value is -1.10. The first-order valence-electron chi connectivity index (χ1n) is 2.83. The van der Waals surface area contributed by atoms with Crippen LogP contribution in [0.3, 0.4) is 0 Å². The van der Waals surface area contributed by atoms with Gasteiger partial charge in [0.2, 0.25) is 0 Å². The van der Waals surface area contributed by atoms with Crippen LogP contribution in [0, 0.1) is 0 Å². The summed E-state index contributed by atoms with van der Waals surface area (Å²) in [5, 5.41) is 0. The second kappa shape index (κ2) is 3.34. The van der Waals surface area contributed by atoms with Gasteiger partial charge in [-0.3, -0.25) is 0 Å². The second-order valence-electron chi connectivity index (χ2n) is 1.79. The number of fused-ring (bicyclic) bond motifs is 1. The van der Waals surface area contributed by atoms with Crippen molar-refractivity contribution in [3.63, 3.8) is 0 Å². The smallest absolute Gasteiger partial charge is 1.00 e. The maximum atomic E-state index is 3.99. The number of aromatic nitrogens is 4. The predicted molar refractivity (Wildman–Crippen MR) is 36.2 cm³/mol. The van der Waals surface area contributed by atoms with Crippen molar-refractivity contribution in [3.8, 4) is 0 Å². The van der Waals surface area contributed by atoms with Gasteiger partial charge in [0.05, 0.1) is 6.20 Å². The van der Waals surface area contributed by atoms with Gasteiger partial charge in [-0.05, 0) is 0 Å². The van der Waals surface area contributed by atoms with E-state index in [0.717, 1.165) is 5.52 Å². The van der Waals surface area contributed by atoms with Crippen molar-refractivity contribution in [3.05, 3.63) is 24.9 Å². The highest BCUT2D eigenvalue weighted by Crippen LogP contribution is 1.98. The van der Waals surface area contributed by atoms with Gasteiger partial charge < -0.3 is 17.0 Å². The van der Waals surface area contributed by atoms with Crippen molar-refractivity contribution in [1.29, 1.82) is 0 Å². The molecular formula is C6H5BrN4. The SMILES string of the molecule is [Br-].[H+].c1cnc2ncncc2n1. The molecule has 2 heterocycles. The summed E-state index contributed by atoms with van der Waals surface area (Å²) in [6.45, 7) is 0. The van der Waals surface area contributed by atoms with E-state index < -0.39 is 0 Å². The summed E-state index contributed by atoms with van der Waals surface area (Å²) < 4.78 is 0. The van der Waals surface area contributed by atoms with Crippen LogP contribution in [-0.4, -0.2) is 19.9 Å². The molecule has 4 nitrogen and oxygen atoms in total. The van der Waals surface area contributed by atoms with Gasteiger partial charge in [0.15, 0.2) is 5.65 Å². The Balaban J connectivity index is 0.000000605. The highest BCUT2D eigenvalue weighted by atomic mass is 79.9. The lowest BCUT2D eigenvalue weighted by Gasteiger charge is -1.89. The van der Waals surface area contributed by atoms with Crippen molar-refractivity contribution in [2.24, 2.45) is 0 Å². The fraction of sp³-hybridized carbons (Fsp3) is 0. The predicted octanol–water partition coefficient (Wildman–Crippen LogP) is -2.46. The first-order valence-corrected chi connectivity index (χ1v) is 2.83. The van der Waals surface area contributed by atoms with Crippen molar-refractivity contribution >= 4 is 11.2 Å². The Morgan fingerprint density at radius 3 is 2.73 bits per heavy atom. The van der Waals surface area contributed by atoms with E-state index in [0.29, 0.717) is 5.65 Å². The topological polar surface area (TPSA) is 51.6 Å². The quantitative estimate of drug-likeness (QED) is 0.487. The summed E-state index contributed by atoms with van der Waals surface area (Å²) in [5.41, 5.74) is 1.36. The van der Waals surface area contributed by atoms with Crippen molar-refractivity contribution < 1.29 is 18.4 Å². The minimum Gasteiger partial charge on any atom is -1.00 e. The zero-order valence-corrected chi connectivity index (χ0v) is 7.06. The standard InChI is InChI=1S/C6H4N4.BrH/c1-2-9-6-5(8-1)3-7-4-10-6;/h1-4H;1H. The van der Waals surface area contributed by atoms with Crippen LogP contribution >= 0.6 is 0 Å². The van der Waals surface area contributed by atoms with E-state index in [1.165, 1.54) is 6.33 Å². The van der Waals surface area contributed by atoms with E-state index in [-0.39, 0.29) is 18.4 Å². The van der Waals surface area contributed by atoms with Gasteiger partial charge in [-0.15, -0.1) is 0 Å². The second-order valence-corrected chi connectivity index (χ2v) is 1.79. The molecule has 2 aromatic heterocycles. The molecule has 0 aliphatic heterocycles. The Morgan fingerprint density at radius 2 is 1.91 bits per heavy atom. The largest absolute Gasteiger partial charge is 1.00 e. The summed E-state index contributed by atoms with van der Waals surface area (Å²) >= 11 is 0. The molecule has 0 aliphatic carbocycles. The monoisotopic (exact) mass is 212 g/mol. The maximum Gasteiger partial charge on any atom is 1.00 e. The van der Waals surface area contributed by atoms with Gasteiger partial charge in [0.1, 0.15) is 11.8 Å². The molecular weight excluding hydrogens is 208 g/mol. The molecule has 0 bridgehead atoms. The first-order chi connectivity index (χ1) is 4.97. The van der Waals surface area contributed by atoms with Gasteiger partial charge in [0, 0.05) is 12.4 Å². The number of hydrogen-bond donors (Lipinski definition) is 0. The number of rotatable bonds is 0. The molecule has 0 unspecified atom stereocenters. The van der Waals surface area contributed by atoms with Crippen LogP contribution in [0.1, 0.15) is 1.43 Å². The van der Waals surface area contributed by atoms with Crippen LogP contribution in [0.4, 0.5) is 0 Å². The van der Waals surface area contributed by atoms with Gasteiger partial charge >= 0.3 is 1.43 Å². The zero-order chi connectivity index (χ0) is 6.81. The third-order valence-corrected chi connectivity index (χ3v) is 1.15. The third kappa shape index (κ3) is 1.48. The highest BCUT2D eigenvalue weighted by molar-refractivity contribution is 5.66. The van der Waals surface area contributed by atoms with E-state index in [1.54, 1.807) is 18.6 Å². The van der Waals surface area contributed by atoms with Crippen molar-refractivity contribution in [1.82, 2.24) is 19.9 Å². The van der Waals surface area contributed by atoms with Crippen molar-refractivity contribution in [2.45, 2.75) is 0 Å². The number of hydrogen-bond acceptors (Lipinski definition) is 4. The average Bonchev–Trinajstić information content (AvgIpc) is 2.05. The van der Waals surface area contributed by atoms with Crippen LogP contribution < -0.4 is 17.0 Å². The normalized spacial score (nSPS) is 9.09. The maximum absolute atomic E-state index is 3.99. The third-order valence-electron chi connectivity index (χ3n) is 1.15. The number of nitrogens with zero attached hydrogens (tertiary/aromatic N) is 4.